The predicted molar refractivity (Wildman–Crippen MR) is 76.4 cm³/mol. The van der Waals surface area contributed by atoms with E-state index in [0.29, 0.717) is 0 Å². The Labute approximate surface area is 116 Å². The van der Waals surface area contributed by atoms with E-state index in [1.807, 2.05) is 42.8 Å². The molecule has 0 atom stereocenters. The van der Waals surface area contributed by atoms with Crippen LogP contribution in [0.4, 0.5) is 5.69 Å². The third-order valence-corrected chi connectivity index (χ3v) is 3.83. The second-order valence-electron chi connectivity index (χ2n) is 3.87. The fourth-order valence-electron chi connectivity index (χ4n) is 1.42. The molecule has 6 heteroatoms. The van der Waals surface area contributed by atoms with Crippen LogP contribution in [-0.2, 0) is 7.05 Å². The van der Waals surface area contributed by atoms with Gasteiger partial charge in [0.05, 0.1) is 0 Å². The minimum absolute atomic E-state index is 0.754. The maximum Gasteiger partial charge on any atom is 0.191 e. The minimum Gasteiger partial charge on any atom is -0.384 e. The van der Waals surface area contributed by atoms with Gasteiger partial charge in [-0.1, -0.05) is 23.4 Å². The zero-order valence-corrected chi connectivity index (χ0v) is 11.9. The predicted octanol–water partition coefficient (Wildman–Crippen LogP) is 2.98. The highest BCUT2D eigenvalue weighted by atomic mass is 35.5. The van der Waals surface area contributed by atoms with Crippen LogP contribution in [0.1, 0.15) is 5.82 Å². The van der Waals surface area contributed by atoms with Crippen LogP contribution < -0.4 is 5.32 Å². The lowest BCUT2D eigenvalue weighted by Crippen LogP contribution is -2.04. The Morgan fingerprint density at radius 3 is 2.61 bits per heavy atom. The molecule has 1 N–H and O–H groups in total. The molecule has 0 unspecified atom stereocenters. The molecular formula is C12H15ClN4S. The van der Waals surface area contributed by atoms with Gasteiger partial charge in [0, 0.05) is 30.1 Å². The van der Waals surface area contributed by atoms with Crippen LogP contribution in [0.3, 0.4) is 0 Å². The van der Waals surface area contributed by atoms with Gasteiger partial charge in [0.15, 0.2) is 5.16 Å². The Morgan fingerprint density at radius 1 is 1.28 bits per heavy atom. The molecule has 0 radical (unpaired) electrons. The lowest BCUT2D eigenvalue weighted by Gasteiger charge is -2.06. The van der Waals surface area contributed by atoms with E-state index >= 15 is 0 Å². The summed E-state index contributed by atoms with van der Waals surface area (Å²) in [6.45, 7) is 2.82. The van der Waals surface area contributed by atoms with E-state index in [1.165, 1.54) is 0 Å². The number of thioether (sulfide) groups is 1. The summed E-state index contributed by atoms with van der Waals surface area (Å²) in [7, 11) is 1.98. The van der Waals surface area contributed by atoms with Gasteiger partial charge >= 0.3 is 0 Å². The maximum atomic E-state index is 5.82. The molecule has 0 saturated carbocycles. The van der Waals surface area contributed by atoms with Crippen molar-refractivity contribution < 1.29 is 0 Å². The van der Waals surface area contributed by atoms with Gasteiger partial charge in [0.2, 0.25) is 0 Å². The smallest absolute Gasteiger partial charge is 0.191 e. The van der Waals surface area contributed by atoms with Crippen molar-refractivity contribution in [3.63, 3.8) is 0 Å². The monoisotopic (exact) mass is 282 g/mol. The lowest BCUT2D eigenvalue weighted by atomic mass is 10.3. The van der Waals surface area contributed by atoms with Gasteiger partial charge in [-0.15, -0.1) is 10.2 Å². The van der Waals surface area contributed by atoms with Crippen LogP contribution in [-0.4, -0.2) is 27.1 Å². The van der Waals surface area contributed by atoms with Crippen LogP contribution in [0.5, 0.6) is 0 Å². The molecule has 1 heterocycles. The highest BCUT2D eigenvalue weighted by Gasteiger charge is 2.04. The summed E-state index contributed by atoms with van der Waals surface area (Å²) in [6.07, 6.45) is 0. The Bertz CT molecular complexity index is 509. The fourth-order valence-corrected chi connectivity index (χ4v) is 2.36. The topological polar surface area (TPSA) is 42.7 Å². The standard InChI is InChI=1S/C12H15ClN4S/c1-9-15-16-12(17(9)2)18-8-7-14-11-5-3-10(13)4-6-11/h3-6,14H,7-8H2,1-2H3. The molecule has 18 heavy (non-hydrogen) atoms. The summed E-state index contributed by atoms with van der Waals surface area (Å²) in [5.74, 6) is 1.87. The number of benzene rings is 1. The summed E-state index contributed by atoms with van der Waals surface area (Å²) >= 11 is 7.51. The van der Waals surface area contributed by atoms with Crippen molar-refractivity contribution in [3.8, 4) is 0 Å². The van der Waals surface area contributed by atoms with E-state index < -0.39 is 0 Å². The number of nitrogens with one attached hydrogen (secondary N) is 1. The third-order valence-electron chi connectivity index (χ3n) is 2.56. The first-order chi connectivity index (χ1) is 8.66. The molecule has 0 bridgehead atoms. The van der Waals surface area contributed by atoms with E-state index in [4.69, 9.17) is 11.6 Å². The SMILES string of the molecule is Cc1nnc(SCCNc2ccc(Cl)cc2)n1C. The summed E-state index contributed by atoms with van der Waals surface area (Å²) in [6, 6.07) is 7.70. The van der Waals surface area contributed by atoms with Gasteiger partial charge in [-0.25, -0.2) is 0 Å². The average molecular weight is 283 g/mol. The second-order valence-corrected chi connectivity index (χ2v) is 5.37. The molecule has 0 fully saturated rings. The zero-order chi connectivity index (χ0) is 13.0. The summed E-state index contributed by atoms with van der Waals surface area (Å²) in [5.41, 5.74) is 1.08. The second kappa shape index (κ2) is 6.11. The Kier molecular flexibility index (Phi) is 4.49. The van der Waals surface area contributed by atoms with E-state index in [-0.39, 0.29) is 0 Å². The number of aromatic nitrogens is 3. The lowest BCUT2D eigenvalue weighted by molar-refractivity contribution is 0.765. The van der Waals surface area contributed by atoms with Crippen molar-refractivity contribution in [2.75, 3.05) is 17.6 Å². The molecule has 1 aromatic heterocycles. The summed E-state index contributed by atoms with van der Waals surface area (Å²) < 4.78 is 1.99. The maximum absolute atomic E-state index is 5.82. The van der Waals surface area contributed by atoms with Gasteiger partial charge in [-0.3, -0.25) is 0 Å². The number of hydrogen-bond donors (Lipinski definition) is 1. The van der Waals surface area contributed by atoms with Crippen LogP contribution in [0.2, 0.25) is 5.02 Å². The molecule has 2 aromatic rings. The Morgan fingerprint density at radius 2 is 2.00 bits per heavy atom. The Hall–Kier alpha value is -1.20. The number of nitrogens with zero attached hydrogens (tertiary/aromatic N) is 3. The van der Waals surface area contributed by atoms with Crippen LogP contribution in [0.25, 0.3) is 0 Å². The Balaban J connectivity index is 1.76. The third kappa shape index (κ3) is 3.40. The van der Waals surface area contributed by atoms with Gasteiger partial charge < -0.3 is 9.88 Å². The largest absolute Gasteiger partial charge is 0.384 e. The van der Waals surface area contributed by atoms with Crippen molar-refractivity contribution in [1.29, 1.82) is 0 Å². The van der Waals surface area contributed by atoms with E-state index in [0.717, 1.165) is 34.0 Å². The van der Waals surface area contributed by atoms with Crippen LogP contribution >= 0.6 is 23.4 Å². The molecular weight excluding hydrogens is 268 g/mol. The number of halogens is 1. The van der Waals surface area contributed by atoms with Gasteiger partial charge in [-0.05, 0) is 31.2 Å². The average Bonchev–Trinajstić information content (AvgIpc) is 2.68. The quantitative estimate of drug-likeness (QED) is 0.676. The van der Waals surface area contributed by atoms with Crippen molar-refractivity contribution >= 4 is 29.1 Å². The first-order valence-electron chi connectivity index (χ1n) is 5.65. The van der Waals surface area contributed by atoms with Gasteiger partial charge in [0.25, 0.3) is 0 Å². The molecule has 0 aliphatic rings. The molecule has 0 aliphatic heterocycles. The van der Waals surface area contributed by atoms with Crippen molar-refractivity contribution in [2.24, 2.45) is 7.05 Å². The highest BCUT2D eigenvalue weighted by molar-refractivity contribution is 7.99. The van der Waals surface area contributed by atoms with Gasteiger partial charge in [0.1, 0.15) is 5.82 Å². The first-order valence-corrected chi connectivity index (χ1v) is 7.01. The van der Waals surface area contributed by atoms with Crippen molar-refractivity contribution in [1.82, 2.24) is 14.8 Å². The van der Waals surface area contributed by atoms with E-state index in [1.54, 1.807) is 11.8 Å². The van der Waals surface area contributed by atoms with Gasteiger partial charge in [-0.2, -0.15) is 0 Å². The number of aryl methyl sites for hydroxylation is 1. The normalized spacial score (nSPS) is 10.6. The minimum atomic E-state index is 0.754. The molecule has 0 aliphatic carbocycles. The van der Waals surface area contributed by atoms with Crippen LogP contribution in [0, 0.1) is 6.92 Å². The van der Waals surface area contributed by atoms with Crippen LogP contribution in [0.15, 0.2) is 29.4 Å². The molecule has 4 nitrogen and oxygen atoms in total. The molecule has 0 amide bonds. The van der Waals surface area contributed by atoms with Crippen molar-refractivity contribution in [2.45, 2.75) is 12.1 Å². The zero-order valence-electron chi connectivity index (χ0n) is 10.4. The first kappa shape index (κ1) is 13.2. The van der Waals surface area contributed by atoms with Crippen molar-refractivity contribution in [3.05, 3.63) is 35.1 Å². The molecule has 0 spiro atoms. The molecule has 2 rings (SSSR count). The molecule has 1 aromatic carbocycles. The number of hydrogen-bond acceptors (Lipinski definition) is 4. The number of rotatable bonds is 5. The summed E-state index contributed by atoms with van der Waals surface area (Å²) in [4.78, 5) is 0. The molecule has 96 valence electrons. The summed E-state index contributed by atoms with van der Waals surface area (Å²) in [5, 5.41) is 13.2. The molecule has 0 saturated heterocycles. The van der Waals surface area contributed by atoms with E-state index in [9.17, 15) is 0 Å². The van der Waals surface area contributed by atoms with E-state index in [2.05, 4.69) is 15.5 Å². The fraction of sp³-hybridized carbons (Fsp3) is 0.333. The highest BCUT2D eigenvalue weighted by Crippen LogP contribution is 2.16. The number of anilines is 1.